The lowest BCUT2D eigenvalue weighted by atomic mass is 9.99. The van der Waals surface area contributed by atoms with Crippen LogP contribution in [-0.2, 0) is 13.0 Å². The molecule has 2 aliphatic rings. The van der Waals surface area contributed by atoms with Crippen LogP contribution >= 0.6 is 0 Å². The third-order valence-corrected chi connectivity index (χ3v) is 7.33. The van der Waals surface area contributed by atoms with Crippen molar-refractivity contribution in [3.8, 4) is 0 Å². The lowest BCUT2D eigenvalue weighted by Crippen LogP contribution is -2.51. The van der Waals surface area contributed by atoms with Crippen molar-refractivity contribution < 1.29 is 4.79 Å². The van der Waals surface area contributed by atoms with Crippen molar-refractivity contribution in [2.75, 3.05) is 37.3 Å². The molecule has 1 amide bonds. The molecule has 2 aliphatic heterocycles. The number of aliphatic imine (C=N–C) groups is 1. The Morgan fingerprint density at radius 3 is 2.59 bits per heavy atom. The van der Waals surface area contributed by atoms with Gasteiger partial charge in [0.1, 0.15) is 0 Å². The van der Waals surface area contributed by atoms with E-state index in [2.05, 4.69) is 64.3 Å². The van der Waals surface area contributed by atoms with Gasteiger partial charge in [0.05, 0.1) is 17.1 Å². The molecule has 8 heteroatoms. The van der Waals surface area contributed by atoms with Crippen LogP contribution in [0.1, 0.15) is 59.4 Å². The maximum atomic E-state index is 13.3. The molecule has 0 spiro atoms. The van der Waals surface area contributed by atoms with Gasteiger partial charge in [-0.2, -0.15) is 0 Å². The minimum Gasteiger partial charge on any atom is -0.386 e. The molecular formula is C31H41N7O. The molecule has 0 radical (unpaired) electrons. The number of likely N-dealkylation sites (tertiary alicyclic amines) is 1. The second-order valence-electron chi connectivity index (χ2n) is 10.1. The number of anilines is 3. The number of hydrogen-bond acceptors (Lipinski definition) is 7. The Morgan fingerprint density at radius 2 is 1.87 bits per heavy atom. The van der Waals surface area contributed by atoms with E-state index in [0.29, 0.717) is 23.2 Å². The fourth-order valence-electron chi connectivity index (χ4n) is 5.51. The second-order valence-corrected chi connectivity index (χ2v) is 10.1. The fourth-order valence-corrected chi connectivity index (χ4v) is 5.51. The summed E-state index contributed by atoms with van der Waals surface area (Å²) < 4.78 is 0. The molecule has 1 unspecified atom stereocenters. The van der Waals surface area contributed by atoms with Gasteiger partial charge in [-0.3, -0.25) is 14.7 Å². The maximum absolute atomic E-state index is 13.3. The van der Waals surface area contributed by atoms with E-state index in [-0.39, 0.29) is 5.91 Å². The summed E-state index contributed by atoms with van der Waals surface area (Å²) in [7, 11) is 1.84. The summed E-state index contributed by atoms with van der Waals surface area (Å²) in [6.07, 6.45) is 4.92. The molecule has 1 atom stereocenters. The van der Waals surface area contributed by atoms with Gasteiger partial charge in [-0.05, 0) is 74.9 Å². The fraction of sp³-hybridized carbons (Fsp3) is 0.419. The van der Waals surface area contributed by atoms with Crippen LogP contribution in [0.2, 0.25) is 0 Å². The lowest BCUT2D eigenvalue weighted by Gasteiger charge is -2.41. The van der Waals surface area contributed by atoms with Crippen molar-refractivity contribution in [3.63, 3.8) is 0 Å². The summed E-state index contributed by atoms with van der Waals surface area (Å²) >= 11 is 0. The first-order chi connectivity index (χ1) is 18.9. The Balaban J connectivity index is 0.00000172. The standard InChI is InChI=1S/C29H35N7O.C2H6/c1-19-12-20(2)14-23(13-19)33-29-32-16-22-17-35(11-9-25(22)34-29)24-6-5-10-36(18-24)28(37)21-7-8-26(30-3)27(15-21)31-4;1-2/h7-8,12-16,24,30H,4-6,9-11,17-18H2,1-3H3,(H,32,33,34);1-2H3. The highest BCUT2D eigenvalue weighted by Gasteiger charge is 2.31. The van der Waals surface area contributed by atoms with Crippen molar-refractivity contribution in [2.45, 2.75) is 59.5 Å². The normalized spacial score (nSPS) is 16.9. The minimum atomic E-state index is 0.0556. The summed E-state index contributed by atoms with van der Waals surface area (Å²) in [5, 5.41) is 6.46. The smallest absolute Gasteiger partial charge is 0.253 e. The Morgan fingerprint density at radius 1 is 1.10 bits per heavy atom. The highest BCUT2D eigenvalue weighted by Crippen LogP contribution is 2.28. The van der Waals surface area contributed by atoms with Gasteiger partial charge in [0.25, 0.3) is 5.91 Å². The monoisotopic (exact) mass is 527 g/mol. The van der Waals surface area contributed by atoms with Crippen LogP contribution in [0.15, 0.2) is 47.6 Å². The van der Waals surface area contributed by atoms with E-state index in [9.17, 15) is 4.79 Å². The van der Waals surface area contributed by atoms with E-state index in [1.54, 1.807) is 0 Å². The van der Waals surface area contributed by atoms with Gasteiger partial charge in [-0.15, -0.1) is 0 Å². The van der Waals surface area contributed by atoms with Crippen LogP contribution in [0, 0.1) is 13.8 Å². The molecule has 1 saturated heterocycles. The van der Waals surface area contributed by atoms with E-state index in [0.717, 1.165) is 62.5 Å². The molecule has 1 aromatic heterocycles. The van der Waals surface area contributed by atoms with Gasteiger partial charge >= 0.3 is 0 Å². The van der Waals surface area contributed by atoms with Crippen molar-refractivity contribution in [1.82, 2.24) is 19.8 Å². The van der Waals surface area contributed by atoms with Crippen LogP contribution < -0.4 is 10.6 Å². The number of benzene rings is 2. The number of nitrogens with one attached hydrogen (secondary N) is 2. The van der Waals surface area contributed by atoms with Crippen molar-refractivity contribution in [1.29, 1.82) is 0 Å². The van der Waals surface area contributed by atoms with Crippen LogP contribution in [0.3, 0.4) is 0 Å². The molecule has 206 valence electrons. The molecule has 2 N–H and O–H groups in total. The second kappa shape index (κ2) is 12.8. The number of carbonyl (C=O) groups is 1. The van der Waals surface area contributed by atoms with E-state index in [1.165, 1.54) is 16.7 Å². The Hall–Kier alpha value is -3.78. The zero-order chi connectivity index (χ0) is 27.9. The zero-order valence-corrected chi connectivity index (χ0v) is 23.9. The topological polar surface area (TPSA) is 85.8 Å². The molecule has 0 saturated carbocycles. The molecular weight excluding hydrogens is 486 g/mol. The number of nitrogens with zero attached hydrogens (tertiary/aromatic N) is 5. The predicted molar refractivity (Wildman–Crippen MR) is 161 cm³/mol. The summed E-state index contributed by atoms with van der Waals surface area (Å²) in [6.45, 7) is 15.1. The molecule has 2 aromatic carbocycles. The Kier molecular flexibility index (Phi) is 9.30. The number of amides is 1. The van der Waals surface area contributed by atoms with E-state index in [1.807, 2.05) is 50.2 Å². The van der Waals surface area contributed by atoms with E-state index >= 15 is 0 Å². The number of aromatic nitrogens is 2. The van der Waals surface area contributed by atoms with Gasteiger partial charge < -0.3 is 15.5 Å². The molecule has 3 heterocycles. The molecule has 0 aliphatic carbocycles. The van der Waals surface area contributed by atoms with Gasteiger partial charge in [0, 0.05) is 68.7 Å². The molecule has 1 fully saturated rings. The average Bonchev–Trinajstić information content (AvgIpc) is 2.96. The Bertz CT molecular complexity index is 1300. The van der Waals surface area contributed by atoms with E-state index in [4.69, 9.17) is 4.98 Å². The summed E-state index contributed by atoms with van der Waals surface area (Å²) in [6, 6.07) is 12.3. The molecule has 39 heavy (non-hydrogen) atoms. The maximum Gasteiger partial charge on any atom is 0.253 e. The van der Waals surface area contributed by atoms with Crippen LogP contribution in [0.5, 0.6) is 0 Å². The zero-order valence-electron chi connectivity index (χ0n) is 23.9. The number of piperidine rings is 1. The average molecular weight is 528 g/mol. The Labute approximate surface area is 232 Å². The van der Waals surface area contributed by atoms with Crippen LogP contribution in [-0.4, -0.2) is 65.1 Å². The number of aryl methyl sites for hydroxylation is 2. The van der Waals surface area contributed by atoms with Gasteiger partial charge in [-0.25, -0.2) is 9.97 Å². The molecule has 0 bridgehead atoms. The largest absolute Gasteiger partial charge is 0.386 e. The van der Waals surface area contributed by atoms with E-state index < -0.39 is 0 Å². The predicted octanol–water partition coefficient (Wildman–Crippen LogP) is 5.90. The third-order valence-electron chi connectivity index (χ3n) is 7.33. The number of hydrogen-bond donors (Lipinski definition) is 2. The SMILES string of the molecule is C=Nc1cc(C(=O)N2CCCC(N3CCc4nc(Nc5cc(C)cc(C)c5)ncc4C3)C2)ccc1NC.CC. The first kappa shape index (κ1) is 28.2. The highest BCUT2D eigenvalue weighted by atomic mass is 16.2. The van der Waals surface area contributed by atoms with Crippen molar-refractivity contribution in [2.24, 2.45) is 4.99 Å². The molecule has 3 aromatic rings. The minimum absolute atomic E-state index is 0.0556. The summed E-state index contributed by atoms with van der Waals surface area (Å²) in [5.41, 5.74) is 7.93. The molecule has 8 nitrogen and oxygen atoms in total. The number of rotatable bonds is 6. The van der Waals surface area contributed by atoms with Gasteiger partial charge in [-0.1, -0.05) is 19.9 Å². The van der Waals surface area contributed by atoms with Gasteiger partial charge in [0.2, 0.25) is 5.95 Å². The van der Waals surface area contributed by atoms with Crippen molar-refractivity contribution in [3.05, 3.63) is 70.5 Å². The highest BCUT2D eigenvalue weighted by molar-refractivity contribution is 5.96. The number of carbonyl (C=O) groups excluding carboxylic acids is 1. The number of fused-ring (bicyclic) bond motifs is 1. The van der Waals surface area contributed by atoms with Crippen LogP contribution in [0.25, 0.3) is 0 Å². The first-order valence-corrected chi connectivity index (χ1v) is 14.0. The van der Waals surface area contributed by atoms with Crippen molar-refractivity contribution >= 4 is 35.6 Å². The quantitative estimate of drug-likeness (QED) is 0.388. The summed E-state index contributed by atoms with van der Waals surface area (Å²) in [4.78, 5) is 31.3. The van der Waals surface area contributed by atoms with Gasteiger partial charge in [0.15, 0.2) is 0 Å². The lowest BCUT2D eigenvalue weighted by molar-refractivity contribution is 0.0547. The molecule has 5 rings (SSSR count). The third kappa shape index (κ3) is 6.63. The van der Waals surface area contributed by atoms with Crippen LogP contribution in [0.4, 0.5) is 23.0 Å². The first-order valence-electron chi connectivity index (χ1n) is 14.0. The summed E-state index contributed by atoms with van der Waals surface area (Å²) in [5.74, 6) is 0.699.